The number of benzene rings is 1. The minimum atomic E-state index is -0.561. The van der Waals surface area contributed by atoms with E-state index in [4.69, 9.17) is 4.74 Å². The Labute approximate surface area is 232 Å². The van der Waals surface area contributed by atoms with Crippen LogP contribution in [0.25, 0.3) is 10.9 Å². The Morgan fingerprint density at radius 3 is 2.58 bits per heavy atom. The van der Waals surface area contributed by atoms with E-state index in [0.717, 1.165) is 11.3 Å². The van der Waals surface area contributed by atoms with Crippen molar-refractivity contribution < 1.29 is 9.13 Å². The first-order valence-corrected chi connectivity index (χ1v) is 13.0. The fourth-order valence-electron chi connectivity index (χ4n) is 4.74. The molecule has 0 unspecified atom stereocenters. The molecule has 1 fully saturated rings. The van der Waals surface area contributed by atoms with Crippen molar-refractivity contribution in [3.63, 3.8) is 0 Å². The lowest BCUT2D eigenvalue weighted by atomic mass is 9.96. The van der Waals surface area contributed by atoms with Gasteiger partial charge in [0.2, 0.25) is 5.95 Å². The van der Waals surface area contributed by atoms with Crippen LogP contribution in [-0.4, -0.2) is 40.3 Å². The van der Waals surface area contributed by atoms with Gasteiger partial charge in [-0.3, -0.25) is 9.99 Å². The van der Waals surface area contributed by atoms with Crippen LogP contribution in [-0.2, 0) is 4.74 Å². The summed E-state index contributed by atoms with van der Waals surface area (Å²) in [6.45, 7) is 11.9. The number of hydrogen-bond donors (Lipinski definition) is 4. The highest BCUT2D eigenvalue weighted by atomic mass is 19.1. The van der Waals surface area contributed by atoms with E-state index in [1.54, 1.807) is 19.1 Å². The summed E-state index contributed by atoms with van der Waals surface area (Å²) in [5.74, 6) is -0.561. The van der Waals surface area contributed by atoms with E-state index in [1.165, 1.54) is 12.3 Å². The maximum Gasteiger partial charge on any atom is 0.213 e. The number of nitrogens with zero attached hydrogens (tertiary/aromatic N) is 5. The van der Waals surface area contributed by atoms with E-state index in [2.05, 4.69) is 71.4 Å². The normalized spacial score (nSPS) is 16.8. The number of anilines is 2. The van der Waals surface area contributed by atoms with Gasteiger partial charge in [-0.05, 0) is 37.5 Å². The van der Waals surface area contributed by atoms with E-state index in [-0.39, 0.29) is 11.0 Å². The van der Waals surface area contributed by atoms with E-state index < -0.39 is 12.0 Å². The molecule has 11 heteroatoms. The molecule has 0 amide bonds. The van der Waals surface area contributed by atoms with Crippen LogP contribution in [0.4, 0.5) is 15.8 Å². The van der Waals surface area contributed by atoms with Gasteiger partial charge in [0.15, 0.2) is 0 Å². The zero-order valence-electron chi connectivity index (χ0n) is 23.2. The molecule has 206 valence electrons. The smallest absolute Gasteiger partial charge is 0.213 e. The second-order valence-corrected chi connectivity index (χ2v) is 11.7. The number of hydrogen-bond acceptors (Lipinski definition) is 10. The maximum atomic E-state index is 14.0. The molecule has 1 saturated heterocycles. The van der Waals surface area contributed by atoms with Gasteiger partial charge < -0.3 is 20.8 Å². The topological polar surface area (TPSA) is 134 Å². The van der Waals surface area contributed by atoms with Crippen LogP contribution in [0.5, 0.6) is 0 Å². The average molecular weight is 542 g/mol. The molecule has 1 atom stereocenters. The molecule has 2 aromatic heterocycles. The van der Waals surface area contributed by atoms with E-state index in [0.29, 0.717) is 58.9 Å². The minimum Gasteiger partial charge on any atom is -0.383 e. The lowest BCUT2D eigenvalue weighted by Crippen LogP contribution is -2.62. The van der Waals surface area contributed by atoms with Crippen LogP contribution in [0.15, 0.2) is 42.4 Å². The third-order valence-corrected chi connectivity index (χ3v) is 7.03. The molecule has 0 aliphatic carbocycles. The number of fused-ring (bicyclic) bond motifs is 1. The van der Waals surface area contributed by atoms with Gasteiger partial charge in [0.25, 0.3) is 0 Å². The predicted molar refractivity (Wildman–Crippen MR) is 150 cm³/mol. The Balaban J connectivity index is 1.61. The highest BCUT2D eigenvalue weighted by Gasteiger charge is 2.41. The molecule has 2 aliphatic heterocycles. The summed E-state index contributed by atoms with van der Waals surface area (Å²) in [4.78, 5) is 8.49. The molecule has 0 spiro atoms. The highest BCUT2D eigenvalue weighted by Crippen LogP contribution is 2.36. The van der Waals surface area contributed by atoms with Crippen molar-refractivity contribution in [2.75, 3.05) is 30.4 Å². The lowest BCUT2D eigenvalue weighted by molar-refractivity contribution is -0.129. The highest BCUT2D eigenvalue weighted by molar-refractivity contribution is 5.99. The van der Waals surface area contributed by atoms with Crippen molar-refractivity contribution in [2.45, 2.75) is 46.2 Å². The third kappa shape index (κ3) is 5.22. The quantitative estimate of drug-likeness (QED) is 0.319. The fourth-order valence-corrected chi connectivity index (χ4v) is 4.74. The van der Waals surface area contributed by atoms with Gasteiger partial charge >= 0.3 is 0 Å². The third-order valence-electron chi connectivity index (χ3n) is 7.03. The van der Waals surface area contributed by atoms with Gasteiger partial charge in [0, 0.05) is 41.3 Å². The molecule has 2 aliphatic rings. The molecule has 0 radical (unpaired) electrons. The average Bonchev–Trinajstić information content (AvgIpc) is 3.38. The Kier molecular flexibility index (Phi) is 6.96. The molecule has 4 N–H and O–H groups in total. The second kappa shape index (κ2) is 10.3. The maximum absolute atomic E-state index is 14.0. The van der Waals surface area contributed by atoms with Crippen LogP contribution in [0.2, 0.25) is 0 Å². The predicted octanol–water partition coefficient (Wildman–Crippen LogP) is 4.39. The summed E-state index contributed by atoms with van der Waals surface area (Å²) in [6.07, 6.45) is 3.46. The number of ether oxygens (including phenoxy) is 1. The van der Waals surface area contributed by atoms with Gasteiger partial charge in [-0.25, -0.2) is 4.98 Å². The summed E-state index contributed by atoms with van der Waals surface area (Å²) in [6, 6.07) is 10.6. The van der Waals surface area contributed by atoms with Crippen molar-refractivity contribution in [3.8, 4) is 12.1 Å². The first kappa shape index (κ1) is 27.1. The van der Waals surface area contributed by atoms with Crippen molar-refractivity contribution in [1.82, 2.24) is 25.9 Å². The van der Waals surface area contributed by atoms with E-state index >= 15 is 0 Å². The Hall–Kier alpha value is -4.45. The molecule has 10 nitrogen and oxygen atoms in total. The summed E-state index contributed by atoms with van der Waals surface area (Å²) in [7, 11) is 0. The largest absolute Gasteiger partial charge is 0.383 e. The molecule has 0 saturated carbocycles. The second-order valence-electron chi connectivity index (χ2n) is 11.7. The lowest BCUT2D eigenvalue weighted by Gasteiger charge is -2.44. The summed E-state index contributed by atoms with van der Waals surface area (Å²) < 4.78 is 19.4. The molecular formula is C29H32FN9O. The summed E-state index contributed by atoms with van der Waals surface area (Å²) in [5.41, 5.74) is 10.8. The summed E-state index contributed by atoms with van der Waals surface area (Å²) in [5, 5.41) is 29.4. The molecule has 0 bridgehead atoms. The standard InChI is InChI=1S/C29H32FN9O/c1-17-21(6-7-24(30)35-17)27(23-13-39(38-37-23)29(5)15-40-16-29)36-20-8-18(10-31)25-22(9-20)26(19(11-32)12-33-25)34-14-28(2,3)4/h6-9,12-13,27,36-38H,14-16H2,1-5H3,(H,33,34)/t27-/m0/s1. The van der Waals surface area contributed by atoms with E-state index in [1.807, 2.05) is 17.3 Å². The molecule has 40 heavy (non-hydrogen) atoms. The summed E-state index contributed by atoms with van der Waals surface area (Å²) >= 11 is 0. The molecule has 5 rings (SSSR count). The van der Waals surface area contributed by atoms with Crippen LogP contribution in [0, 0.1) is 40.9 Å². The van der Waals surface area contributed by atoms with Crippen molar-refractivity contribution >= 4 is 22.3 Å². The monoisotopic (exact) mass is 541 g/mol. The Bertz CT molecular complexity index is 1580. The number of pyridine rings is 2. The number of aromatic nitrogens is 2. The van der Waals surface area contributed by atoms with E-state index in [9.17, 15) is 14.9 Å². The molecule has 3 aromatic rings. The van der Waals surface area contributed by atoms with Crippen LogP contribution < -0.4 is 21.6 Å². The van der Waals surface area contributed by atoms with Gasteiger partial charge in [-0.1, -0.05) is 26.8 Å². The molecule has 1 aromatic carbocycles. The minimum absolute atomic E-state index is 0.0456. The van der Waals surface area contributed by atoms with Crippen molar-refractivity contribution in [1.29, 1.82) is 10.5 Å². The zero-order valence-corrected chi connectivity index (χ0v) is 23.2. The zero-order chi connectivity index (χ0) is 28.7. The molecular weight excluding hydrogens is 509 g/mol. The van der Waals surface area contributed by atoms with Gasteiger partial charge in [0.05, 0.1) is 47.3 Å². The number of aryl methyl sites for hydroxylation is 1. The molecule has 4 heterocycles. The number of rotatable bonds is 7. The Morgan fingerprint density at radius 2 is 1.95 bits per heavy atom. The van der Waals surface area contributed by atoms with Crippen LogP contribution in [0.1, 0.15) is 56.1 Å². The van der Waals surface area contributed by atoms with Crippen molar-refractivity contribution in [3.05, 3.63) is 70.7 Å². The first-order valence-electron chi connectivity index (χ1n) is 13.0. The first-order chi connectivity index (χ1) is 19.0. The van der Waals surface area contributed by atoms with Crippen LogP contribution >= 0.6 is 0 Å². The van der Waals surface area contributed by atoms with Crippen LogP contribution in [0.3, 0.4) is 0 Å². The van der Waals surface area contributed by atoms with Crippen molar-refractivity contribution in [2.24, 2.45) is 5.41 Å². The van der Waals surface area contributed by atoms with Gasteiger partial charge in [-0.15, -0.1) is 5.53 Å². The number of hydrazine groups is 2. The Morgan fingerprint density at radius 1 is 1.20 bits per heavy atom. The number of nitriles is 2. The fraction of sp³-hybridized carbons (Fsp3) is 0.379. The van der Waals surface area contributed by atoms with Gasteiger partial charge in [0.1, 0.15) is 17.7 Å². The van der Waals surface area contributed by atoms with Gasteiger partial charge in [-0.2, -0.15) is 14.9 Å². The SMILES string of the molecule is Cc1nc(F)ccc1[C@H](Nc1cc(C#N)c2ncc(C#N)c(NCC(C)(C)C)c2c1)C1=CN(C2(C)COC2)NN1. The number of halogens is 1. The number of nitrogens with one attached hydrogen (secondary N) is 4.